The van der Waals surface area contributed by atoms with Crippen LogP contribution in [0.25, 0.3) is 0 Å². The van der Waals surface area contributed by atoms with Crippen LogP contribution in [0.4, 0.5) is 0 Å². The van der Waals surface area contributed by atoms with Crippen LogP contribution in [-0.2, 0) is 0 Å². The molecule has 0 radical (unpaired) electrons. The molecule has 2 atom stereocenters. The van der Waals surface area contributed by atoms with Gasteiger partial charge < -0.3 is 9.64 Å². The number of carbonyl (C=O) groups is 1. The number of nitrogens with zero attached hydrogens (tertiary/aromatic N) is 2. The maximum Gasteiger partial charge on any atom is 0.171 e. The van der Waals surface area contributed by atoms with Crippen molar-refractivity contribution >= 4 is 5.78 Å². The first kappa shape index (κ1) is 12.6. The fourth-order valence-electron chi connectivity index (χ4n) is 3.59. The second-order valence-electron chi connectivity index (χ2n) is 5.66. The number of pyridine rings is 1. The molecule has 3 heterocycles. The smallest absolute Gasteiger partial charge is 0.171 e. The molecule has 0 aliphatic carbocycles. The van der Waals surface area contributed by atoms with Gasteiger partial charge >= 0.3 is 0 Å². The third kappa shape index (κ3) is 2.14. The zero-order valence-electron chi connectivity index (χ0n) is 11.5. The summed E-state index contributed by atoms with van der Waals surface area (Å²) in [6.45, 7) is 0. The minimum Gasteiger partial charge on any atom is -0.496 e. The number of ketones is 1. The SMILES string of the molecule is COc1ccncc1C(=O)C1CC2CCC(C1)N2C. The Labute approximate surface area is 113 Å². The Morgan fingerprint density at radius 1 is 1.37 bits per heavy atom. The quantitative estimate of drug-likeness (QED) is 0.781. The van der Waals surface area contributed by atoms with Crippen molar-refractivity contribution in [3.63, 3.8) is 0 Å². The monoisotopic (exact) mass is 260 g/mol. The minimum atomic E-state index is 0.131. The summed E-state index contributed by atoms with van der Waals surface area (Å²) in [6, 6.07) is 2.92. The van der Waals surface area contributed by atoms with E-state index in [0.717, 1.165) is 12.8 Å². The maximum atomic E-state index is 12.7. The first-order valence-electron chi connectivity index (χ1n) is 6.95. The van der Waals surface area contributed by atoms with Crippen LogP contribution in [0.15, 0.2) is 18.5 Å². The van der Waals surface area contributed by atoms with Gasteiger partial charge in [-0.15, -0.1) is 0 Å². The van der Waals surface area contributed by atoms with Crippen molar-refractivity contribution in [1.29, 1.82) is 0 Å². The topological polar surface area (TPSA) is 42.4 Å². The van der Waals surface area contributed by atoms with E-state index in [2.05, 4.69) is 16.9 Å². The van der Waals surface area contributed by atoms with Crippen LogP contribution in [-0.4, -0.2) is 41.9 Å². The van der Waals surface area contributed by atoms with Gasteiger partial charge in [-0.25, -0.2) is 0 Å². The average Bonchev–Trinajstić information content (AvgIpc) is 2.68. The lowest BCUT2D eigenvalue weighted by molar-refractivity contribution is 0.0764. The molecule has 2 saturated heterocycles. The Hall–Kier alpha value is -1.42. The van der Waals surface area contributed by atoms with Crippen molar-refractivity contribution in [3.05, 3.63) is 24.0 Å². The third-order valence-electron chi connectivity index (χ3n) is 4.74. The molecule has 2 unspecified atom stereocenters. The highest BCUT2D eigenvalue weighted by molar-refractivity contribution is 6.00. The molecule has 102 valence electrons. The summed E-state index contributed by atoms with van der Waals surface area (Å²) in [7, 11) is 3.79. The van der Waals surface area contributed by atoms with Gasteiger partial charge in [0.25, 0.3) is 0 Å². The van der Waals surface area contributed by atoms with Gasteiger partial charge in [0.1, 0.15) is 5.75 Å². The van der Waals surface area contributed by atoms with Gasteiger partial charge in [-0.05, 0) is 38.8 Å². The van der Waals surface area contributed by atoms with Gasteiger partial charge in [-0.3, -0.25) is 9.78 Å². The highest BCUT2D eigenvalue weighted by atomic mass is 16.5. The lowest BCUT2D eigenvalue weighted by Crippen LogP contribution is -2.42. The van der Waals surface area contributed by atoms with Crippen molar-refractivity contribution in [2.75, 3.05) is 14.2 Å². The van der Waals surface area contributed by atoms with Gasteiger partial charge in [0.2, 0.25) is 0 Å². The molecule has 4 heteroatoms. The van der Waals surface area contributed by atoms with E-state index in [1.807, 2.05) is 0 Å². The molecular weight excluding hydrogens is 240 g/mol. The Balaban J connectivity index is 1.81. The van der Waals surface area contributed by atoms with E-state index in [1.165, 1.54) is 12.8 Å². The highest BCUT2D eigenvalue weighted by Crippen LogP contribution is 2.39. The van der Waals surface area contributed by atoms with Crippen molar-refractivity contribution in [3.8, 4) is 5.75 Å². The van der Waals surface area contributed by atoms with E-state index in [4.69, 9.17) is 4.74 Å². The van der Waals surface area contributed by atoms with Crippen molar-refractivity contribution in [2.45, 2.75) is 37.8 Å². The molecular formula is C15H20N2O2. The van der Waals surface area contributed by atoms with E-state index in [-0.39, 0.29) is 11.7 Å². The number of aromatic nitrogens is 1. The molecule has 2 aliphatic rings. The fraction of sp³-hybridized carbons (Fsp3) is 0.600. The van der Waals surface area contributed by atoms with E-state index in [1.54, 1.807) is 25.6 Å². The van der Waals surface area contributed by atoms with E-state index in [0.29, 0.717) is 23.4 Å². The number of ether oxygens (including phenoxy) is 1. The summed E-state index contributed by atoms with van der Waals surface area (Å²) >= 11 is 0. The average molecular weight is 260 g/mol. The maximum absolute atomic E-state index is 12.7. The first-order valence-corrected chi connectivity index (χ1v) is 6.95. The summed E-state index contributed by atoms with van der Waals surface area (Å²) in [6.07, 6.45) is 7.72. The number of rotatable bonds is 3. The van der Waals surface area contributed by atoms with Gasteiger partial charge in [0, 0.05) is 30.4 Å². The standard InChI is InChI=1S/C15H20N2O2/c1-17-11-3-4-12(17)8-10(7-11)15(18)13-9-16-6-5-14(13)19-2/h5-6,9-12H,3-4,7-8H2,1-2H3. The Kier molecular flexibility index (Phi) is 3.27. The molecule has 0 aromatic carbocycles. The number of piperidine rings is 1. The van der Waals surface area contributed by atoms with Crippen molar-refractivity contribution in [2.24, 2.45) is 5.92 Å². The van der Waals surface area contributed by atoms with Crippen LogP contribution in [0.5, 0.6) is 5.75 Å². The molecule has 2 fully saturated rings. The predicted molar refractivity (Wildman–Crippen MR) is 72.4 cm³/mol. The molecule has 3 rings (SSSR count). The van der Waals surface area contributed by atoms with E-state index in [9.17, 15) is 4.79 Å². The molecule has 4 nitrogen and oxygen atoms in total. The molecule has 0 spiro atoms. The number of hydrogen-bond donors (Lipinski definition) is 0. The first-order chi connectivity index (χ1) is 9.20. The Bertz CT molecular complexity index is 475. The Morgan fingerprint density at radius 2 is 2.05 bits per heavy atom. The molecule has 2 aliphatic heterocycles. The van der Waals surface area contributed by atoms with Gasteiger partial charge in [0.05, 0.1) is 12.7 Å². The zero-order chi connectivity index (χ0) is 13.4. The number of methoxy groups -OCH3 is 1. The number of fused-ring (bicyclic) bond motifs is 2. The van der Waals surface area contributed by atoms with Crippen LogP contribution in [0.3, 0.4) is 0 Å². The van der Waals surface area contributed by atoms with Gasteiger partial charge in [-0.1, -0.05) is 0 Å². The number of hydrogen-bond acceptors (Lipinski definition) is 4. The van der Waals surface area contributed by atoms with Crippen LogP contribution in [0.2, 0.25) is 0 Å². The lowest BCUT2D eigenvalue weighted by atomic mass is 9.85. The second kappa shape index (κ2) is 4.93. The zero-order valence-corrected chi connectivity index (χ0v) is 11.5. The summed E-state index contributed by atoms with van der Waals surface area (Å²) in [5, 5.41) is 0. The normalized spacial score (nSPS) is 30.3. The third-order valence-corrected chi connectivity index (χ3v) is 4.74. The minimum absolute atomic E-state index is 0.131. The van der Waals surface area contributed by atoms with E-state index < -0.39 is 0 Å². The van der Waals surface area contributed by atoms with Crippen LogP contribution < -0.4 is 4.74 Å². The van der Waals surface area contributed by atoms with Crippen molar-refractivity contribution < 1.29 is 9.53 Å². The largest absolute Gasteiger partial charge is 0.496 e. The van der Waals surface area contributed by atoms with Crippen molar-refractivity contribution in [1.82, 2.24) is 9.88 Å². The second-order valence-corrected chi connectivity index (χ2v) is 5.66. The molecule has 0 N–H and O–H groups in total. The predicted octanol–water partition coefficient (Wildman–Crippen LogP) is 2.15. The molecule has 1 aromatic heterocycles. The molecule has 19 heavy (non-hydrogen) atoms. The number of Topliss-reactive ketones (excluding diaryl/α,β-unsaturated/α-hetero) is 1. The summed E-state index contributed by atoms with van der Waals surface area (Å²) in [5.41, 5.74) is 0.638. The van der Waals surface area contributed by atoms with E-state index >= 15 is 0 Å². The summed E-state index contributed by atoms with van der Waals surface area (Å²) < 4.78 is 5.28. The molecule has 1 aromatic rings. The molecule has 0 amide bonds. The fourth-order valence-corrected chi connectivity index (χ4v) is 3.59. The molecule has 0 saturated carbocycles. The summed E-state index contributed by atoms with van der Waals surface area (Å²) in [4.78, 5) is 19.2. The highest BCUT2D eigenvalue weighted by Gasteiger charge is 2.41. The van der Waals surface area contributed by atoms with Crippen LogP contribution >= 0.6 is 0 Å². The Morgan fingerprint density at radius 3 is 2.68 bits per heavy atom. The molecule has 2 bridgehead atoms. The van der Waals surface area contributed by atoms with Gasteiger partial charge in [0.15, 0.2) is 5.78 Å². The van der Waals surface area contributed by atoms with Crippen LogP contribution in [0, 0.1) is 5.92 Å². The summed E-state index contributed by atoms with van der Waals surface area (Å²) in [5.74, 6) is 0.980. The number of carbonyl (C=O) groups excluding carboxylic acids is 1. The lowest BCUT2D eigenvalue weighted by Gasteiger charge is -2.35. The van der Waals surface area contributed by atoms with Crippen LogP contribution in [0.1, 0.15) is 36.0 Å². The van der Waals surface area contributed by atoms with Gasteiger partial charge in [-0.2, -0.15) is 0 Å².